The molecule has 0 aromatic rings. The van der Waals surface area contributed by atoms with E-state index in [1.807, 2.05) is 0 Å². The van der Waals surface area contributed by atoms with Gasteiger partial charge in [0.1, 0.15) is 36.6 Å². The zero-order chi connectivity index (χ0) is 32.0. The summed E-state index contributed by atoms with van der Waals surface area (Å²) in [6.07, 6.45) is -7.32. The lowest BCUT2D eigenvalue weighted by atomic mass is 9.83. The van der Waals surface area contributed by atoms with Crippen LogP contribution >= 0.6 is 0 Å². The number of nitrogens with two attached hydrogens (primary N) is 5. The Labute approximate surface area is 256 Å². The topological polar surface area (TPSA) is 299 Å². The van der Waals surface area contributed by atoms with E-state index in [9.17, 15) is 25.3 Å². The van der Waals surface area contributed by atoms with Gasteiger partial charge in [0, 0.05) is 25.7 Å². The van der Waals surface area contributed by atoms with Gasteiger partial charge in [-0.2, -0.15) is 0 Å². The first kappa shape index (κ1) is 35.5. The van der Waals surface area contributed by atoms with E-state index in [1.165, 1.54) is 0 Å². The molecule has 18 heteroatoms. The van der Waals surface area contributed by atoms with Gasteiger partial charge in [-0.25, -0.2) is 9.86 Å². The number of hydrogen-bond acceptors (Lipinski definition) is 16. The van der Waals surface area contributed by atoms with E-state index in [0.717, 1.165) is 12.8 Å². The maximum Gasteiger partial charge on any atom is 0.341 e. The fraction of sp³-hybridized carbons (Fsp3) is 0.962. The molecule has 3 saturated heterocycles. The number of carbonyl (C=O) groups excluding carboxylic acids is 1. The number of hydrogen-bond donors (Lipinski definition) is 10. The summed E-state index contributed by atoms with van der Waals surface area (Å²) >= 11 is 0. The highest BCUT2D eigenvalue weighted by molar-refractivity contribution is 5.73. The average Bonchev–Trinajstić information content (AvgIpc) is 3.31. The number of aliphatic hydroxyl groups is 3. The van der Waals surface area contributed by atoms with Crippen molar-refractivity contribution >= 4 is 6.03 Å². The number of carbonyl (C=O) groups is 1. The molecule has 15 N–H and O–H groups in total. The van der Waals surface area contributed by atoms with Crippen LogP contribution in [0.3, 0.4) is 0 Å². The van der Waals surface area contributed by atoms with Crippen LogP contribution in [0.15, 0.2) is 0 Å². The van der Waals surface area contributed by atoms with Gasteiger partial charge in [-0.3, -0.25) is 5.21 Å². The van der Waals surface area contributed by atoms with Gasteiger partial charge in [0.25, 0.3) is 0 Å². The van der Waals surface area contributed by atoms with Crippen LogP contribution in [0.5, 0.6) is 0 Å². The van der Waals surface area contributed by atoms with Crippen LogP contribution < -0.4 is 34.0 Å². The number of nitrogens with one attached hydrogen (secondary N) is 1. The van der Waals surface area contributed by atoms with Crippen LogP contribution in [0.2, 0.25) is 0 Å². The van der Waals surface area contributed by atoms with Crippen molar-refractivity contribution in [2.45, 2.75) is 124 Å². The summed E-state index contributed by atoms with van der Waals surface area (Å²) < 4.78 is 36.0. The maximum atomic E-state index is 12.5. The third-order valence-electron chi connectivity index (χ3n) is 8.60. The van der Waals surface area contributed by atoms with Crippen LogP contribution in [0.4, 0.5) is 4.79 Å². The minimum atomic E-state index is -1.46. The van der Waals surface area contributed by atoms with Crippen molar-refractivity contribution < 1.29 is 53.7 Å². The lowest BCUT2D eigenvalue weighted by molar-refractivity contribution is -0.288. The SMILES string of the molecule is NCCN(O)C(=O)N[C@@H]1C[C@H](N)[C@@H](O[C@H]2O[C@H](CN)CC[C@H]2N)[C@H](O[C@@H]2OC(CO)[C@@H](O[C@@H]3CCC[C@H](CN)O3)[C@H]2O)[C@H]1O. The highest BCUT2D eigenvalue weighted by Crippen LogP contribution is 2.34. The summed E-state index contributed by atoms with van der Waals surface area (Å²) in [5, 5.41) is 45.6. The number of urea groups is 1. The Kier molecular flexibility index (Phi) is 13.3. The molecule has 4 aliphatic rings. The number of ether oxygens (including phenoxy) is 6. The number of hydroxylamine groups is 2. The van der Waals surface area contributed by atoms with Crippen LogP contribution in [0.25, 0.3) is 0 Å². The van der Waals surface area contributed by atoms with E-state index in [-0.39, 0.29) is 38.3 Å². The molecule has 4 rings (SSSR count). The first-order chi connectivity index (χ1) is 21.1. The van der Waals surface area contributed by atoms with E-state index in [2.05, 4.69) is 5.32 Å². The van der Waals surface area contributed by atoms with Gasteiger partial charge in [-0.15, -0.1) is 0 Å². The van der Waals surface area contributed by atoms with E-state index in [1.54, 1.807) is 0 Å². The van der Waals surface area contributed by atoms with Gasteiger partial charge >= 0.3 is 6.03 Å². The molecule has 1 saturated carbocycles. The number of aliphatic hydroxyl groups excluding tert-OH is 3. The smallest absolute Gasteiger partial charge is 0.341 e. The normalized spacial score (nSPS) is 43.1. The summed E-state index contributed by atoms with van der Waals surface area (Å²) in [5.74, 6) is 0. The summed E-state index contributed by atoms with van der Waals surface area (Å²) in [6.45, 7) is -0.0662. The van der Waals surface area contributed by atoms with Crippen LogP contribution in [0.1, 0.15) is 38.5 Å². The van der Waals surface area contributed by atoms with Gasteiger partial charge in [0.05, 0.1) is 37.4 Å². The maximum absolute atomic E-state index is 12.5. The van der Waals surface area contributed by atoms with Gasteiger partial charge < -0.3 is 77.7 Å². The highest BCUT2D eigenvalue weighted by atomic mass is 16.8. The number of rotatable bonds is 12. The second-order valence-corrected chi connectivity index (χ2v) is 11.8. The Hall–Kier alpha value is -1.33. The average molecular weight is 638 g/mol. The first-order valence-electron chi connectivity index (χ1n) is 15.4. The monoisotopic (exact) mass is 637 g/mol. The van der Waals surface area contributed by atoms with Crippen molar-refractivity contribution in [2.24, 2.45) is 28.7 Å². The fourth-order valence-electron chi connectivity index (χ4n) is 6.10. The predicted molar refractivity (Wildman–Crippen MR) is 151 cm³/mol. The molecule has 0 spiro atoms. The van der Waals surface area contributed by atoms with E-state index in [4.69, 9.17) is 57.1 Å². The third-order valence-corrected chi connectivity index (χ3v) is 8.60. The van der Waals surface area contributed by atoms with Gasteiger partial charge in [-0.1, -0.05) is 0 Å². The van der Waals surface area contributed by atoms with Crippen molar-refractivity contribution in [3.05, 3.63) is 0 Å². The minimum absolute atomic E-state index is 0.00862. The van der Waals surface area contributed by atoms with Crippen LogP contribution in [-0.4, -0.2) is 150 Å². The quantitative estimate of drug-likeness (QED) is 0.0714. The molecule has 3 heterocycles. The molecule has 0 aromatic carbocycles. The molecule has 0 radical (unpaired) electrons. The van der Waals surface area contributed by atoms with E-state index < -0.39 is 86.3 Å². The molecular formula is C26H51N7O11. The largest absolute Gasteiger partial charge is 0.394 e. The van der Waals surface area contributed by atoms with Gasteiger partial charge in [-0.05, 0) is 38.5 Å². The zero-order valence-electron chi connectivity index (χ0n) is 24.8. The number of amides is 2. The lowest BCUT2D eigenvalue weighted by Crippen LogP contribution is -2.67. The van der Waals surface area contributed by atoms with E-state index >= 15 is 0 Å². The van der Waals surface area contributed by atoms with Crippen LogP contribution in [-0.2, 0) is 28.4 Å². The molecule has 0 aromatic heterocycles. The molecule has 14 atom stereocenters. The first-order valence-corrected chi connectivity index (χ1v) is 15.4. The van der Waals surface area contributed by atoms with Gasteiger partial charge in [0.15, 0.2) is 18.9 Å². The third kappa shape index (κ3) is 8.52. The predicted octanol–water partition coefficient (Wildman–Crippen LogP) is -4.31. The Bertz CT molecular complexity index is 899. The standard InChI is InChI=1S/C26H51N7O11/c27-6-7-33(38)26(37)32-16-8-15(31)21(43-24-14(30)5-4-13(10-29)40-24)23(19(16)35)44-25-20(36)22(17(11-34)41-25)42-18-3-1-2-12(9-28)39-18/h12-25,34-36,38H,1-11,27-31H2,(H,32,37)/t12-,13+,14-,15+,16-,17?,18-,19+,20-,21-,22-,23-,24-,25+/m1/s1. The number of nitrogens with zero attached hydrogens (tertiary/aromatic N) is 1. The van der Waals surface area contributed by atoms with Gasteiger partial charge in [0.2, 0.25) is 0 Å². The van der Waals surface area contributed by atoms with Crippen molar-refractivity contribution in [1.29, 1.82) is 0 Å². The summed E-state index contributed by atoms with van der Waals surface area (Å²) in [5.41, 5.74) is 29.8. The molecule has 44 heavy (non-hydrogen) atoms. The van der Waals surface area contributed by atoms with Crippen molar-refractivity contribution in [3.8, 4) is 0 Å². The Morgan fingerprint density at radius 3 is 2.23 bits per heavy atom. The lowest BCUT2D eigenvalue weighted by Gasteiger charge is -2.46. The molecular weight excluding hydrogens is 586 g/mol. The molecule has 1 unspecified atom stereocenters. The Balaban J connectivity index is 1.52. The van der Waals surface area contributed by atoms with Crippen molar-refractivity contribution in [1.82, 2.24) is 10.4 Å². The van der Waals surface area contributed by atoms with E-state index in [0.29, 0.717) is 30.9 Å². The Morgan fingerprint density at radius 1 is 0.841 bits per heavy atom. The second kappa shape index (κ2) is 16.5. The summed E-state index contributed by atoms with van der Waals surface area (Å²) in [6, 6.07) is -3.26. The zero-order valence-corrected chi connectivity index (χ0v) is 24.8. The van der Waals surface area contributed by atoms with Crippen molar-refractivity contribution in [3.63, 3.8) is 0 Å². The molecule has 4 fully saturated rings. The molecule has 1 aliphatic carbocycles. The van der Waals surface area contributed by atoms with Crippen LogP contribution in [0, 0.1) is 0 Å². The molecule has 2 amide bonds. The fourth-order valence-corrected chi connectivity index (χ4v) is 6.10. The molecule has 256 valence electrons. The Morgan fingerprint density at radius 2 is 1.55 bits per heavy atom. The highest BCUT2D eigenvalue weighted by Gasteiger charge is 2.53. The molecule has 18 nitrogen and oxygen atoms in total. The molecule has 0 bridgehead atoms. The van der Waals surface area contributed by atoms with Crippen molar-refractivity contribution in [2.75, 3.05) is 32.8 Å². The molecule has 3 aliphatic heterocycles. The minimum Gasteiger partial charge on any atom is -0.394 e. The second-order valence-electron chi connectivity index (χ2n) is 11.8. The summed E-state index contributed by atoms with van der Waals surface area (Å²) in [7, 11) is 0. The summed E-state index contributed by atoms with van der Waals surface area (Å²) in [4.78, 5) is 12.5.